The van der Waals surface area contributed by atoms with Gasteiger partial charge in [-0.1, -0.05) is 6.58 Å². The van der Waals surface area contributed by atoms with E-state index in [0.717, 1.165) is 6.42 Å². The second-order valence-corrected chi connectivity index (χ2v) is 6.73. The number of likely N-dealkylation sites (N-methyl/N-ethyl adjacent to an activating group) is 1. The van der Waals surface area contributed by atoms with Crippen molar-refractivity contribution in [3.63, 3.8) is 0 Å². The summed E-state index contributed by atoms with van der Waals surface area (Å²) in [6, 6.07) is 1.03. The highest BCUT2D eigenvalue weighted by Crippen LogP contribution is 2.32. The first-order chi connectivity index (χ1) is 7.05. The Labute approximate surface area is 101 Å². The predicted molar refractivity (Wildman–Crippen MR) is 71.7 cm³/mol. The van der Waals surface area contributed by atoms with Crippen LogP contribution in [0.15, 0.2) is 12.2 Å². The van der Waals surface area contributed by atoms with Crippen LogP contribution in [0.25, 0.3) is 0 Å². The first-order valence-electron chi connectivity index (χ1n) is 6.25. The largest absolute Gasteiger partial charge is 0.306 e. The summed E-state index contributed by atoms with van der Waals surface area (Å²) in [6.45, 7) is 17.8. The number of hydrogen-bond acceptors (Lipinski definition) is 2. The Morgan fingerprint density at radius 1 is 1.38 bits per heavy atom. The lowest BCUT2D eigenvalue weighted by Crippen LogP contribution is -2.60. The minimum Gasteiger partial charge on any atom is -0.306 e. The maximum atomic E-state index is 4.31. The third-order valence-corrected chi connectivity index (χ3v) is 3.91. The standard InChI is InChI=1S/C14H28N2/c1-10-9-12(16(8)13(3,4)5)11(2)14(6,7)15-10/h10,12,15H,2,9H2,1,3-8H3. The van der Waals surface area contributed by atoms with E-state index in [0.29, 0.717) is 12.1 Å². The Morgan fingerprint density at radius 2 is 1.88 bits per heavy atom. The van der Waals surface area contributed by atoms with E-state index in [2.05, 4.69) is 65.4 Å². The van der Waals surface area contributed by atoms with Crippen molar-refractivity contribution in [1.82, 2.24) is 10.2 Å². The van der Waals surface area contributed by atoms with Gasteiger partial charge in [0.05, 0.1) is 0 Å². The van der Waals surface area contributed by atoms with Crippen LogP contribution in [0.4, 0.5) is 0 Å². The average molecular weight is 224 g/mol. The first-order valence-corrected chi connectivity index (χ1v) is 6.25. The molecule has 1 heterocycles. The molecule has 2 atom stereocenters. The number of nitrogens with zero attached hydrogens (tertiary/aromatic N) is 1. The predicted octanol–water partition coefficient (Wildman–Crippen LogP) is 2.80. The Kier molecular flexibility index (Phi) is 3.56. The van der Waals surface area contributed by atoms with Gasteiger partial charge < -0.3 is 5.32 Å². The van der Waals surface area contributed by atoms with E-state index in [9.17, 15) is 0 Å². The van der Waals surface area contributed by atoms with Crippen LogP contribution in [-0.4, -0.2) is 35.1 Å². The van der Waals surface area contributed by atoms with E-state index in [1.165, 1.54) is 5.57 Å². The summed E-state index contributed by atoms with van der Waals surface area (Å²) >= 11 is 0. The topological polar surface area (TPSA) is 15.3 Å². The number of rotatable bonds is 1. The molecule has 1 N–H and O–H groups in total. The quantitative estimate of drug-likeness (QED) is 0.689. The zero-order valence-corrected chi connectivity index (χ0v) is 12.0. The molecule has 16 heavy (non-hydrogen) atoms. The second-order valence-electron chi connectivity index (χ2n) is 6.73. The summed E-state index contributed by atoms with van der Waals surface area (Å²) in [5.41, 5.74) is 1.55. The monoisotopic (exact) mass is 224 g/mol. The van der Waals surface area contributed by atoms with Crippen LogP contribution in [0.2, 0.25) is 0 Å². The fourth-order valence-corrected chi connectivity index (χ4v) is 2.52. The Bertz CT molecular complexity index is 273. The van der Waals surface area contributed by atoms with Gasteiger partial charge in [0, 0.05) is 23.2 Å². The van der Waals surface area contributed by atoms with Crippen LogP contribution in [-0.2, 0) is 0 Å². The van der Waals surface area contributed by atoms with Crippen molar-refractivity contribution < 1.29 is 0 Å². The van der Waals surface area contributed by atoms with Gasteiger partial charge in [0.15, 0.2) is 0 Å². The molecule has 1 aliphatic rings. The molecule has 2 nitrogen and oxygen atoms in total. The molecule has 0 aliphatic carbocycles. The maximum absolute atomic E-state index is 4.31. The molecule has 0 spiro atoms. The van der Waals surface area contributed by atoms with Crippen molar-refractivity contribution in [2.75, 3.05) is 7.05 Å². The number of nitrogens with one attached hydrogen (secondary N) is 1. The van der Waals surface area contributed by atoms with E-state index < -0.39 is 0 Å². The van der Waals surface area contributed by atoms with Crippen molar-refractivity contribution in [3.8, 4) is 0 Å². The second kappa shape index (κ2) is 4.15. The Hall–Kier alpha value is -0.340. The van der Waals surface area contributed by atoms with Crippen LogP contribution in [0, 0.1) is 0 Å². The van der Waals surface area contributed by atoms with E-state index in [-0.39, 0.29) is 11.1 Å². The molecular weight excluding hydrogens is 196 g/mol. The molecule has 0 aromatic heterocycles. The minimum atomic E-state index is 0.0435. The molecule has 0 radical (unpaired) electrons. The molecule has 0 amide bonds. The normalized spacial score (nSPS) is 30.9. The summed E-state index contributed by atoms with van der Waals surface area (Å²) in [5.74, 6) is 0. The zero-order valence-electron chi connectivity index (χ0n) is 12.0. The number of hydrogen-bond donors (Lipinski definition) is 1. The lowest BCUT2D eigenvalue weighted by molar-refractivity contribution is 0.0959. The summed E-state index contributed by atoms with van der Waals surface area (Å²) < 4.78 is 0. The van der Waals surface area contributed by atoms with Crippen LogP contribution < -0.4 is 5.32 Å². The third kappa shape index (κ3) is 2.67. The van der Waals surface area contributed by atoms with Crippen molar-refractivity contribution in [3.05, 3.63) is 12.2 Å². The van der Waals surface area contributed by atoms with Gasteiger partial charge in [-0.3, -0.25) is 4.90 Å². The SMILES string of the molecule is C=C1C(N(C)C(C)(C)C)CC(C)NC1(C)C. The molecule has 0 aromatic rings. The van der Waals surface area contributed by atoms with Crippen LogP contribution >= 0.6 is 0 Å². The van der Waals surface area contributed by atoms with Crippen LogP contribution in [0.1, 0.15) is 48.0 Å². The maximum Gasteiger partial charge on any atom is 0.0351 e. The van der Waals surface area contributed by atoms with Gasteiger partial charge in [-0.25, -0.2) is 0 Å². The summed E-state index contributed by atoms with van der Waals surface area (Å²) in [7, 11) is 2.21. The molecule has 1 aliphatic heterocycles. The van der Waals surface area contributed by atoms with Gasteiger partial charge in [0.1, 0.15) is 0 Å². The molecule has 1 rings (SSSR count). The zero-order chi connectivity index (χ0) is 12.7. The molecule has 94 valence electrons. The highest BCUT2D eigenvalue weighted by atomic mass is 15.2. The fraction of sp³-hybridized carbons (Fsp3) is 0.857. The molecule has 0 aromatic carbocycles. The van der Waals surface area contributed by atoms with Gasteiger partial charge in [-0.15, -0.1) is 0 Å². The van der Waals surface area contributed by atoms with Gasteiger partial charge in [-0.05, 0) is 60.6 Å². The number of piperidine rings is 1. The molecule has 2 heteroatoms. The summed E-state index contributed by atoms with van der Waals surface area (Å²) in [6.07, 6.45) is 1.15. The van der Waals surface area contributed by atoms with E-state index in [4.69, 9.17) is 0 Å². The van der Waals surface area contributed by atoms with Crippen molar-refractivity contribution in [1.29, 1.82) is 0 Å². The van der Waals surface area contributed by atoms with E-state index in [1.807, 2.05) is 0 Å². The molecular formula is C14H28N2. The highest BCUT2D eigenvalue weighted by Gasteiger charge is 2.39. The van der Waals surface area contributed by atoms with Gasteiger partial charge >= 0.3 is 0 Å². The highest BCUT2D eigenvalue weighted by molar-refractivity contribution is 5.24. The third-order valence-electron chi connectivity index (χ3n) is 3.91. The Balaban J connectivity index is 2.92. The summed E-state index contributed by atoms with van der Waals surface area (Å²) in [4.78, 5) is 2.45. The first kappa shape index (κ1) is 13.7. The molecule has 2 unspecified atom stereocenters. The average Bonchev–Trinajstić information content (AvgIpc) is 2.07. The van der Waals surface area contributed by atoms with E-state index >= 15 is 0 Å². The van der Waals surface area contributed by atoms with E-state index in [1.54, 1.807) is 0 Å². The van der Waals surface area contributed by atoms with Gasteiger partial charge in [0.25, 0.3) is 0 Å². The lowest BCUT2D eigenvalue weighted by atomic mass is 9.80. The molecule has 1 fully saturated rings. The van der Waals surface area contributed by atoms with Crippen molar-refractivity contribution >= 4 is 0 Å². The lowest BCUT2D eigenvalue weighted by Gasteiger charge is -2.49. The summed E-state index contributed by atoms with van der Waals surface area (Å²) in [5, 5.41) is 3.62. The fourth-order valence-electron chi connectivity index (χ4n) is 2.52. The minimum absolute atomic E-state index is 0.0435. The van der Waals surface area contributed by atoms with Crippen LogP contribution in [0.5, 0.6) is 0 Å². The van der Waals surface area contributed by atoms with Crippen molar-refractivity contribution in [2.45, 2.75) is 71.1 Å². The smallest absolute Gasteiger partial charge is 0.0351 e. The molecule has 0 bridgehead atoms. The Morgan fingerprint density at radius 3 is 2.31 bits per heavy atom. The van der Waals surface area contributed by atoms with Gasteiger partial charge in [-0.2, -0.15) is 0 Å². The van der Waals surface area contributed by atoms with Crippen LogP contribution in [0.3, 0.4) is 0 Å². The van der Waals surface area contributed by atoms with Gasteiger partial charge in [0.2, 0.25) is 0 Å². The molecule has 0 saturated carbocycles. The molecule has 1 saturated heterocycles. The van der Waals surface area contributed by atoms with Crippen molar-refractivity contribution in [2.24, 2.45) is 0 Å².